The second-order valence-electron chi connectivity index (χ2n) is 5.57. The first-order chi connectivity index (χ1) is 13.0. The van der Waals surface area contributed by atoms with Crippen molar-refractivity contribution in [1.29, 1.82) is 0 Å². The lowest BCUT2D eigenvalue weighted by Gasteiger charge is -2.08. The Labute approximate surface area is 157 Å². The fraction of sp³-hybridized carbons (Fsp3) is 0.111. The summed E-state index contributed by atoms with van der Waals surface area (Å²) in [7, 11) is 0. The Bertz CT molecular complexity index is 992. The molecule has 2 aromatic heterocycles. The van der Waals surface area contributed by atoms with Gasteiger partial charge < -0.3 is 10.6 Å². The van der Waals surface area contributed by atoms with Crippen LogP contribution in [0.5, 0.6) is 0 Å². The molecule has 0 spiro atoms. The van der Waals surface area contributed by atoms with E-state index in [9.17, 15) is 18.4 Å². The lowest BCUT2D eigenvalue weighted by molar-refractivity contribution is -0.114. The maximum absolute atomic E-state index is 13.7. The fourth-order valence-corrected chi connectivity index (χ4v) is 3.14. The zero-order valence-corrected chi connectivity index (χ0v) is 14.9. The highest BCUT2D eigenvalue weighted by Crippen LogP contribution is 2.33. The van der Waals surface area contributed by atoms with Gasteiger partial charge in [0.15, 0.2) is 0 Å². The van der Waals surface area contributed by atoms with Gasteiger partial charge in [-0.05, 0) is 29.7 Å². The highest BCUT2D eigenvalue weighted by molar-refractivity contribution is 7.09. The van der Waals surface area contributed by atoms with Gasteiger partial charge in [0.2, 0.25) is 5.91 Å². The zero-order valence-electron chi connectivity index (χ0n) is 14.1. The van der Waals surface area contributed by atoms with Gasteiger partial charge in [-0.25, -0.2) is 8.78 Å². The van der Waals surface area contributed by atoms with Gasteiger partial charge in [-0.3, -0.25) is 14.6 Å². The van der Waals surface area contributed by atoms with Gasteiger partial charge in [0.25, 0.3) is 5.91 Å². The largest absolute Gasteiger partial charge is 0.347 e. The lowest BCUT2D eigenvalue weighted by Crippen LogP contribution is -2.24. The minimum absolute atomic E-state index is 0.132. The number of amides is 2. The molecule has 6 nitrogen and oxygen atoms in total. The van der Waals surface area contributed by atoms with Crippen LogP contribution < -0.4 is 10.6 Å². The van der Waals surface area contributed by atoms with Crippen molar-refractivity contribution >= 4 is 29.0 Å². The minimum atomic E-state index is -0.751. The van der Waals surface area contributed by atoms with Crippen LogP contribution >= 0.6 is 11.5 Å². The first-order valence-corrected chi connectivity index (χ1v) is 8.63. The smallest absolute Gasteiger partial charge is 0.265 e. The Kier molecular flexibility index (Phi) is 5.51. The molecule has 0 aliphatic rings. The average Bonchev–Trinajstić information content (AvgIpc) is 3.04. The Morgan fingerprint density at radius 1 is 1.15 bits per heavy atom. The predicted molar refractivity (Wildman–Crippen MR) is 97.2 cm³/mol. The standard InChI is InChI=1S/C18H14F2N4O2S/c1-10(25)23-16-15(11-4-6-21-7-5-11)24-27-17(16)18(26)22-9-12-2-3-13(19)8-14(12)20/h2-8H,9H2,1H3,(H,22,26)(H,23,25). The number of hydrogen-bond donors (Lipinski definition) is 2. The summed E-state index contributed by atoms with van der Waals surface area (Å²) in [6.07, 6.45) is 3.15. The summed E-state index contributed by atoms with van der Waals surface area (Å²) in [5.74, 6) is -2.33. The summed E-state index contributed by atoms with van der Waals surface area (Å²) in [6.45, 7) is 1.19. The molecule has 0 aliphatic heterocycles. The third-order valence-corrected chi connectivity index (χ3v) is 4.45. The molecular formula is C18H14F2N4O2S. The molecule has 0 saturated carbocycles. The molecule has 138 valence electrons. The third-order valence-electron chi connectivity index (χ3n) is 3.61. The molecule has 0 aliphatic carbocycles. The topological polar surface area (TPSA) is 84.0 Å². The van der Waals surface area contributed by atoms with E-state index in [-0.39, 0.29) is 28.6 Å². The number of benzene rings is 1. The molecule has 27 heavy (non-hydrogen) atoms. The molecule has 3 rings (SSSR count). The number of halogens is 2. The van der Waals surface area contributed by atoms with E-state index in [4.69, 9.17) is 0 Å². The quantitative estimate of drug-likeness (QED) is 0.702. The maximum atomic E-state index is 13.7. The Morgan fingerprint density at radius 3 is 2.56 bits per heavy atom. The van der Waals surface area contributed by atoms with Crippen LogP contribution in [0.25, 0.3) is 11.3 Å². The predicted octanol–water partition coefficient (Wildman–Crippen LogP) is 3.37. The molecule has 1 aromatic carbocycles. The second kappa shape index (κ2) is 8.00. The molecule has 0 atom stereocenters. The summed E-state index contributed by atoms with van der Waals surface area (Å²) in [5, 5.41) is 5.18. The Balaban J connectivity index is 1.85. The minimum Gasteiger partial charge on any atom is -0.347 e. The van der Waals surface area contributed by atoms with Crippen molar-refractivity contribution in [3.63, 3.8) is 0 Å². The molecule has 3 aromatic rings. The third kappa shape index (κ3) is 4.32. The summed E-state index contributed by atoms with van der Waals surface area (Å²) >= 11 is 0.912. The van der Waals surface area contributed by atoms with Crippen molar-refractivity contribution in [2.24, 2.45) is 0 Å². The van der Waals surface area contributed by atoms with E-state index in [0.29, 0.717) is 11.3 Å². The first kappa shape index (κ1) is 18.6. The number of nitrogens with one attached hydrogen (secondary N) is 2. The van der Waals surface area contributed by atoms with Crippen LogP contribution in [-0.4, -0.2) is 21.2 Å². The molecule has 0 radical (unpaired) electrons. The number of hydrogen-bond acceptors (Lipinski definition) is 5. The number of pyridine rings is 1. The normalized spacial score (nSPS) is 10.5. The van der Waals surface area contributed by atoms with E-state index < -0.39 is 17.5 Å². The summed E-state index contributed by atoms with van der Waals surface area (Å²) in [6, 6.07) is 6.53. The fourth-order valence-electron chi connectivity index (χ4n) is 2.36. The summed E-state index contributed by atoms with van der Waals surface area (Å²) in [4.78, 5) is 28.2. The highest BCUT2D eigenvalue weighted by atomic mass is 32.1. The molecule has 0 unspecified atom stereocenters. The summed E-state index contributed by atoms with van der Waals surface area (Å²) in [5.41, 5.74) is 1.55. The van der Waals surface area contributed by atoms with E-state index in [1.807, 2.05) is 0 Å². The molecular weight excluding hydrogens is 374 g/mol. The van der Waals surface area contributed by atoms with Gasteiger partial charge in [-0.2, -0.15) is 4.37 Å². The van der Waals surface area contributed by atoms with Gasteiger partial charge in [-0.1, -0.05) is 6.07 Å². The summed E-state index contributed by atoms with van der Waals surface area (Å²) < 4.78 is 30.9. The van der Waals surface area contributed by atoms with Crippen LogP contribution in [0.4, 0.5) is 14.5 Å². The van der Waals surface area contributed by atoms with Gasteiger partial charge in [0, 0.05) is 43.1 Å². The number of carbonyl (C=O) groups is 2. The molecule has 0 bridgehead atoms. The second-order valence-corrected chi connectivity index (χ2v) is 6.34. The maximum Gasteiger partial charge on any atom is 0.265 e. The van der Waals surface area contributed by atoms with Gasteiger partial charge >= 0.3 is 0 Å². The van der Waals surface area contributed by atoms with Crippen molar-refractivity contribution in [3.8, 4) is 11.3 Å². The van der Waals surface area contributed by atoms with Crippen molar-refractivity contribution in [2.75, 3.05) is 5.32 Å². The van der Waals surface area contributed by atoms with Crippen LogP contribution in [0.3, 0.4) is 0 Å². The molecule has 2 N–H and O–H groups in total. The number of anilines is 1. The number of aromatic nitrogens is 2. The molecule has 2 heterocycles. The van der Waals surface area contributed by atoms with Gasteiger partial charge in [0.05, 0.1) is 5.69 Å². The van der Waals surface area contributed by atoms with Crippen LogP contribution in [0.15, 0.2) is 42.7 Å². The van der Waals surface area contributed by atoms with Crippen molar-refractivity contribution in [3.05, 3.63) is 64.8 Å². The van der Waals surface area contributed by atoms with Crippen molar-refractivity contribution < 1.29 is 18.4 Å². The number of nitrogens with zero attached hydrogens (tertiary/aromatic N) is 2. The van der Waals surface area contributed by atoms with Crippen LogP contribution in [0.2, 0.25) is 0 Å². The molecule has 0 fully saturated rings. The van der Waals surface area contributed by atoms with Crippen LogP contribution in [0.1, 0.15) is 22.2 Å². The van der Waals surface area contributed by atoms with Crippen molar-refractivity contribution in [2.45, 2.75) is 13.5 Å². The monoisotopic (exact) mass is 388 g/mol. The number of rotatable bonds is 5. The van der Waals surface area contributed by atoms with Crippen molar-refractivity contribution in [1.82, 2.24) is 14.7 Å². The average molecular weight is 388 g/mol. The SMILES string of the molecule is CC(=O)Nc1c(-c2ccncc2)nsc1C(=O)NCc1ccc(F)cc1F. The van der Waals surface area contributed by atoms with Crippen LogP contribution in [0, 0.1) is 11.6 Å². The molecule has 9 heteroatoms. The Morgan fingerprint density at radius 2 is 1.89 bits per heavy atom. The molecule has 2 amide bonds. The van der Waals surface area contributed by atoms with Crippen LogP contribution in [-0.2, 0) is 11.3 Å². The number of carbonyl (C=O) groups excluding carboxylic acids is 2. The first-order valence-electron chi connectivity index (χ1n) is 7.85. The Hall–Kier alpha value is -3.20. The highest BCUT2D eigenvalue weighted by Gasteiger charge is 2.22. The van der Waals surface area contributed by atoms with E-state index in [2.05, 4.69) is 20.0 Å². The zero-order chi connectivity index (χ0) is 19.4. The van der Waals surface area contributed by atoms with E-state index in [1.54, 1.807) is 24.5 Å². The lowest BCUT2D eigenvalue weighted by atomic mass is 10.1. The van der Waals surface area contributed by atoms with E-state index in [1.165, 1.54) is 13.0 Å². The van der Waals surface area contributed by atoms with E-state index in [0.717, 1.165) is 23.7 Å². The van der Waals surface area contributed by atoms with Gasteiger partial charge in [0.1, 0.15) is 22.2 Å². The van der Waals surface area contributed by atoms with Gasteiger partial charge in [-0.15, -0.1) is 0 Å². The molecule has 0 saturated heterocycles. The van der Waals surface area contributed by atoms with E-state index >= 15 is 0 Å².